The zero-order valence-electron chi connectivity index (χ0n) is 8.79. The second-order valence-electron chi connectivity index (χ2n) is 3.66. The monoisotopic (exact) mass is 240 g/mol. The quantitative estimate of drug-likeness (QED) is 0.781. The van der Waals surface area contributed by atoms with Crippen molar-refractivity contribution in [1.29, 1.82) is 0 Å². The van der Waals surface area contributed by atoms with Crippen LogP contribution in [0.1, 0.15) is 18.6 Å². The smallest absolute Gasteiger partial charge is 0.152 e. The summed E-state index contributed by atoms with van der Waals surface area (Å²) in [7, 11) is 0. The van der Waals surface area contributed by atoms with Crippen molar-refractivity contribution in [2.24, 2.45) is 0 Å². The van der Waals surface area contributed by atoms with Gasteiger partial charge in [0, 0.05) is 17.1 Å². The van der Waals surface area contributed by atoms with Crippen molar-refractivity contribution in [3.63, 3.8) is 0 Å². The van der Waals surface area contributed by atoms with E-state index in [4.69, 9.17) is 16.0 Å². The number of rotatable bonds is 3. The second kappa shape index (κ2) is 4.50. The molecule has 0 bridgehead atoms. The Morgan fingerprint density at radius 2 is 2.27 bits per heavy atom. The summed E-state index contributed by atoms with van der Waals surface area (Å²) >= 11 is 7.88. The summed E-state index contributed by atoms with van der Waals surface area (Å²) in [6.45, 7) is 2.17. The number of fused-ring (bicyclic) bond motifs is 1. The Hall–Kier alpha value is -0.600. The van der Waals surface area contributed by atoms with Gasteiger partial charge >= 0.3 is 0 Å². The maximum absolute atomic E-state index is 6.05. The third-order valence-electron chi connectivity index (χ3n) is 2.42. The van der Waals surface area contributed by atoms with Crippen LogP contribution in [-0.4, -0.2) is 12.0 Å². The number of hydrogen-bond acceptors (Lipinski definition) is 2. The van der Waals surface area contributed by atoms with Crippen LogP contribution in [-0.2, 0) is 0 Å². The van der Waals surface area contributed by atoms with Gasteiger partial charge in [0.15, 0.2) is 5.58 Å². The third-order valence-corrected chi connectivity index (χ3v) is 3.55. The molecule has 0 radical (unpaired) electrons. The summed E-state index contributed by atoms with van der Waals surface area (Å²) in [6, 6.07) is 7.92. The van der Waals surface area contributed by atoms with Gasteiger partial charge in [-0.3, -0.25) is 0 Å². The van der Waals surface area contributed by atoms with E-state index in [1.54, 1.807) is 0 Å². The van der Waals surface area contributed by atoms with Crippen LogP contribution in [0, 0.1) is 0 Å². The molecule has 15 heavy (non-hydrogen) atoms. The van der Waals surface area contributed by atoms with E-state index in [2.05, 4.69) is 19.2 Å². The van der Waals surface area contributed by atoms with E-state index in [0.29, 0.717) is 10.9 Å². The van der Waals surface area contributed by atoms with Gasteiger partial charge in [-0.15, -0.1) is 0 Å². The van der Waals surface area contributed by atoms with Crippen LogP contribution in [0.25, 0.3) is 11.0 Å². The molecule has 0 aliphatic heterocycles. The molecule has 0 fully saturated rings. The minimum absolute atomic E-state index is 0.434. The topological polar surface area (TPSA) is 13.1 Å². The van der Waals surface area contributed by atoms with E-state index in [1.807, 2.05) is 30.0 Å². The van der Waals surface area contributed by atoms with Crippen molar-refractivity contribution in [2.45, 2.75) is 12.8 Å². The fraction of sp³-hybridized carbons (Fsp3) is 0.333. The lowest BCUT2D eigenvalue weighted by molar-refractivity contribution is 0.524. The molecule has 2 rings (SSSR count). The van der Waals surface area contributed by atoms with Gasteiger partial charge in [-0.2, -0.15) is 11.8 Å². The van der Waals surface area contributed by atoms with E-state index >= 15 is 0 Å². The average Bonchev–Trinajstić information content (AvgIpc) is 2.63. The minimum Gasteiger partial charge on any atom is -0.459 e. The van der Waals surface area contributed by atoms with Gasteiger partial charge in [0.2, 0.25) is 0 Å². The summed E-state index contributed by atoms with van der Waals surface area (Å²) in [5, 5.41) is 1.78. The molecule has 1 heterocycles. The highest BCUT2D eigenvalue weighted by Gasteiger charge is 2.12. The molecular weight excluding hydrogens is 228 g/mol. The second-order valence-corrected chi connectivity index (χ2v) is 4.98. The molecule has 0 aliphatic rings. The third kappa shape index (κ3) is 2.16. The maximum Gasteiger partial charge on any atom is 0.152 e. The van der Waals surface area contributed by atoms with Crippen LogP contribution < -0.4 is 0 Å². The molecule has 0 N–H and O–H groups in total. The van der Waals surface area contributed by atoms with Gasteiger partial charge in [0.05, 0.1) is 5.02 Å². The number of benzene rings is 1. The molecule has 2 aromatic rings. The van der Waals surface area contributed by atoms with Crippen LogP contribution >= 0.6 is 23.4 Å². The van der Waals surface area contributed by atoms with Crippen molar-refractivity contribution < 1.29 is 4.42 Å². The van der Waals surface area contributed by atoms with Crippen LogP contribution in [0.2, 0.25) is 5.02 Å². The summed E-state index contributed by atoms with van der Waals surface area (Å²) in [6.07, 6.45) is 2.10. The molecule has 1 unspecified atom stereocenters. The molecule has 1 nitrogen and oxygen atoms in total. The summed E-state index contributed by atoms with van der Waals surface area (Å²) in [5.74, 6) is 2.52. The van der Waals surface area contributed by atoms with Crippen molar-refractivity contribution in [3.05, 3.63) is 35.0 Å². The molecule has 0 saturated carbocycles. The number of thioether (sulfide) groups is 1. The highest BCUT2D eigenvalue weighted by Crippen LogP contribution is 2.30. The Morgan fingerprint density at radius 1 is 1.47 bits per heavy atom. The standard InChI is InChI=1S/C12H13ClOS/c1-8(7-15-2)11-6-9-4-3-5-10(13)12(9)14-11/h3-6,8H,7H2,1-2H3. The number of para-hydroxylation sites is 1. The lowest BCUT2D eigenvalue weighted by Gasteiger charge is -2.04. The SMILES string of the molecule is CSCC(C)c1cc2cccc(Cl)c2o1. The largest absolute Gasteiger partial charge is 0.459 e. The summed E-state index contributed by atoms with van der Waals surface area (Å²) in [5.41, 5.74) is 0.808. The highest BCUT2D eigenvalue weighted by molar-refractivity contribution is 7.98. The molecule has 0 aliphatic carbocycles. The lowest BCUT2D eigenvalue weighted by Crippen LogP contribution is -1.93. The van der Waals surface area contributed by atoms with Gasteiger partial charge in [-0.05, 0) is 18.4 Å². The minimum atomic E-state index is 0.434. The van der Waals surface area contributed by atoms with Crippen molar-refractivity contribution in [2.75, 3.05) is 12.0 Å². The van der Waals surface area contributed by atoms with Crippen LogP contribution in [0.3, 0.4) is 0 Å². The van der Waals surface area contributed by atoms with Crippen molar-refractivity contribution in [1.82, 2.24) is 0 Å². The van der Waals surface area contributed by atoms with Gasteiger partial charge in [0.1, 0.15) is 5.76 Å². The van der Waals surface area contributed by atoms with Gasteiger partial charge in [-0.1, -0.05) is 30.7 Å². The Labute approximate surface area is 98.8 Å². The molecule has 0 spiro atoms. The zero-order valence-corrected chi connectivity index (χ0v) is 10.4. The Kier molecular flexibility index (Phi) is 3.27. The maximum atomic E-state index is 6.05. The van der Waals surface area contributed by atoms with E-state index < -0.39 is 0 Å². The Morgan fingerprint density at radius 3 is 2.93 bits per heavy atom. The molecule has 3 heteroatoms. The Balaban J connectivity index is 2.43. The van der Waals surface area contributed by atoms with E-state index in [0.717, 1.165) is 22.5 Å². The fourth-order valence-electron chi connectivity index (χ4n) is 1.62. The van der Waals surface area contributed by atoms with Crippen LogP contribution in [0.5, 0.6) is 0 Å². The summed E-state index contributed by atoms with van der Waals surface area (Å²) < 4.78 is 5.77. The van der Waals surface area contributed by atoms with Crippen molar-refractivity contribution >= 4 is 34.3 Å². The van der Waals surface area contributed by atoms with E-state index in [-0.39, 0.29) is 0 Å². The predicted molar refractivity (Wildman–Crippen MR) is 68.0 cm³/mol. The average molecular weight is 241 g/mol. The normalized spacial score (nSPS) is 13.3. The van der Waals surface area contributed by atoms with Gasteiger partial charge in [0.25, 0.3) is 0 Å². The summed E-state index contributed by atoms with van der Waals surface area (Å²) in [4.78, 5) is 0. The first-order valence-electron chi connectivity index (χ1n) is 4.89. The first-order valence-corrected chi connectivity index (χ1v) is 6.66. The molecular formula is C12H13ClOS. The number of hydrogen-bond donors (Lipinski definition) is 0. The molecule has 0 saturated heterocycles. The van der Waals surface area contributed by atoms with Crippen LogP contribution in [0.4, 0.5) is 0 Å². The van der Waals surface area contributed by atoms with Crippen LogP contribution in [0.15, 0.2) is 28.7 Å². The number of halogens is 1. The van der Waals surface area contributed by atoms with Gasteiger partial charge in [-0.25, -0.2) is 0 Å². The zero-order chi connectivity index (χ0) is 10.8. The molecule has 1 aromatic carbocycles. The highest BCUT2D eigenvalue weighted by atomic mass is 35.5. The fourth-order valence-corrected chi connectivity index (χ4v) is 2.51. The van der Waals surface area contributed by atoms with E-state index in [1.165, 1.54) is 0 Å². The van der Waals surface area contributed by atoms with Crippen molar-refractivity contribution in [3.8, 4) is 0 Å². The molecule has 1 aromatic heterocycles. The molecule has 1 atom stereocenters. The van der Waals surface area contributed by atoms with E-state index in [9.17, 15) is 0 Å². The number of furan rings is 1. The lowest BCUT2D eigenvalue weighted by atomic mass is 10.1. The molecule has 0 amide bonds. The first kappa shape index (κ1) is 10.9. The molecule has 80 valence electrons. The predicted octanol–water partition coefficient (Wildman–Crippen LogP) is 4.55. The first-order chi connectivity index (χ1) is 7.22. The van der Waals surface area contributed by atoms with Gasteiger partial charge < -0.3 is 4.42 Å². The Bertz CT molecular complexity index is 464.